The second kappa shape index (κ2) is 9.95. The van der Waals surface area contributed by atoms with E-state index in [1.54, 1.807) is 0 Å². The van der Waals surface area contributed by atoms with Crippen LogP contribution < -0.4 is 5.22 Å². The van der Waals surface area contributed by atoms with E-state index in [9.17, 15) is 0 Å². The summed E-state index contributed by atoms with van der Waals surface area (Å²) in [4.78, 5) is 0. The van der Waals surface area contributed by atoms with E-state index in [1.165, 1.54) is 81.3 Å². The van der Waals surface area contributed by atoms with Crippen LogP contribution >= 0.6 is 0 Å². The van der Waals surface area contributed by atoms with E-state index in [2.05, 4.69) is 167 Å². The first kappa shape index (κ1) is 27.3. The zero-order chi connectivity index (χ0) is 33.1. The maximum atomic E-state index is 4.81. The number of hydrogen-bond donors (Lipinski definition) is 0. The van der Waals surface area contributed by atoms with Gasteiger partial charge in [0, 0.05) is 32.9 Å². The molecule has 0 unspecified atom stereocenters. The van der Waals surface area contributed by atoms with Crippen molar-refractivity contribution in [3.05, 3.63) is 169 Å². The van der Waals surface area contributed by atoms with Gasteiger partial charge < -0.3 is 9.13 Å². The van der Waals surface area contributed by atoms with Crippen molar-refractivity contribution in [1.29, 1.82) is 0 Å². The normalized spacial score (nSPS) is 12.2. The lowest BCUT2D eigenvalue weighted by Gasteiger charge is -2.17. The Morgan fingerprint density at radius 1 is 0.380 bits per heavy atom. The van der Waals surface area contributed by atoms with E-state index in [0.717, 1.165) is 27.5 Å². The predicted molar refractivity (Wildman–Crippen MR) is 216 cm³/mol. The summed E-state index contributed by atoms with van der Waals surface area (Å²) in [5, 5.41) is 15.7. The lowest BCUT2D eigenvalue weighted by atomic mass is 9.88. The molecule has 0 radical (unpaired) electrons. The van der Waals surface area contributed by atoms with Gasteiger partial charge in [0.25, 0.3) is 0 Å². The highest BCUT2D eigenvalue weighted by atomic mass is 15.0. The molecule has 2 aromatic heterocycles. The molecule has 0 aliphatic carbocycles. The molecular weight excluding hydrogens is 605 g/mol. The Labute approximate surface area is 288 Å². The first-order chi connectivity index (χ1) is 24.7. The molecule has 0 N–H and O–H groups in total. The maximum Gasteiger partial charge on any atom is 0.0553 e. The average Bonchev–Trinajstić information content (AvgIpc) is 3.69. The molecule has 11 aromatic rings. The Hall–Kier alpha value is -6.64. The zero-order valence-corrected chi connectivity index (χ0v) is 27.3. The van der Waals surface area contributed by atoms with Crippen LogP contribution in [0.3, 0.4) is 0 Å². The smallest absolute Gasteiger partial charge is 0.0553 e. The molecule has 9 aromatic carbocycles. The molecule has 0 amide bonds. The first-order valence-electron chi connectivity index (χ1n) is 17.2. The van der Waals surface area contributed by atoms with Crippen LogP contribution in [0.5, 0.6) is 0 Å². The quantitative estimate of drug-likeness (QED) is 0.135. The molecule has 0 spiro atoms. The Bertz CT molecular complexity index is 3280. The number of hydrogen-bond acceptors (Lipinski definition) is 0. The van der Waals surface area contributed by atoms with Crippen molar-refractivity contribution < 1.29 is 0 Å². The number of para-hydroxylation sites is 3. The molecule has 50 heavy (non-hydrogen) atoms. The summed E-state index contributed by atoms with van der Waals surface area (Å²) in [6, 6.07) is 55.3. The van der Waals surface area contributed by atoms with Gasteiger partial charge in [-0.2, -0.15) is 0 Å². The molecular formula is C48H30N2. The SMILES string of the molecule is C=Cc1c2c(=C)c3cccc4c3c(cc3c4c4ccccc4n3-c3ccccc3)c2cc2c1c1ccccc1n2-c1ccc2ccccc2c1. The van der Waals surface area contributed by atoms with Crippen molar-refractivity contribution in [2.45, 2.75) is 0 Å². The summed E-state index contributed by atoms with van der Waals surface area (Å²) < 4.78 is 4.86. The fraction of sp³-hybridized carbons (Fsp3) is 0. The van der Waals surface area contributed by atoms with Gasteiger partial charge in [-0.1, -0.05) is 122 Å². The van der Waals surface area contributed by atoms with Crippen LogP contribution in [0.25, 0.3) is 111 Å². The van der Waals surface area contributed by atoms with Crippen LogP contribution in [0.4, 0.5) is 0 Å². The summed E-state index contributed by atoms with van der Waals surface area (Å²) >= 11 is 0. The monoisotopic (exact) mass is 634 g/mol. The molecule has 2 heterocycles. The van der Waals surface area contributed by atoms with Gasteiger partial charge in [-0.05, 0) is 102 Å². The van der Waals surface area contributed by atoms with Gasteiger partial charge in [0.1, 0.15) is 0 Å². The number of rotatable bonds is 3. The zero-order valence-electron chi connectivity index (χ0n) is 27.3. The van der Waals surface area contributed by atoms with Gasteiger partial charge in [0.2, 0.25) is 0 Å². The fourth-order valence-corrected chi connectivity index (χ4v) is 8.89. The second-order valence-corrected chi connectivity index (χ2v) is 13.4. The third kappa shape index (κ3) is 3.47. The summed E-state index contributed by atoms with van der Waals surface area (Å²) in [7, 11) is 0. The number of aromatic nitrogens is 2. The van der Waals surface area contributed by atoms with Crippen LogP contribution in [0.15, 0.2) is 158 Å². The van der Waals surface area contributed by atoms with E-state index in [0.29, 0.717) is 0 Å². The van der Waals surface area contributed by atoms with E-state index in [4.69, 9.17) is 6.58 Å². The highest BCUT2D eigenvalue weighted by Gasteiger charge is 2.22. The molecule has 232 valence electrons. The molecule has 2 nitrogen and oxygen atoms in total. The topological polar surface area (TPSA) is 9.86 Å². The molecule has 0 atom stereocenters. The maximum absolute atomic E-state index is 4.81. The van der Waals surface area contributed by atoms with Crippen LogP contribution in [-0.4, -0.2) is 9.13 Å². The summed E-state index contributed by atoms with van der Waals surface area (Å²) in [6.07, 6.45) is 2.05. The second-order valence-electron chi connectivity index (χ2n) is 13.4. The van der Waals surface area contributed by atoms with Gasteiger partial charge in [0.15, 0.2) is 0 Å². The van der Waals surface area contributed by atoms with Crippen molar-refractivity contribution in [1.82, 2.24) is 9.13 Å². The molecule has 0 bridgehead atoms. The minimum atomic E-state index is 1.04. The molecule has 0 saturated heterocycles. The molecule has 0 aliphatic rings. The minimum absolute atomic E-state index is 1.04. The summed E-state index contributed by atoms with van der Waals surface area (Å²) in [5.74, 6) is 0. The Morgan fingerprint density at radius 3 is 1.72 bits per heavy atom. The number of benzene rings is 9. The Kier molecular flexibility index (Phi) is 5.44. The Morgan fingerprint density at radius 2 is 0.960 bits per heavy atom. The van der Waals surface area contributed by atoms with Crippen LogP contribution in [0.1, 0.15) is 5.56 Å². The van der Waals surface area contributed by atoms with E-state index in [-0.39, 0.29) is 0 Å². The predicted octanol–water partition coefficient (Wildman–Crippen LogP) is 12.3. The van der Waals surface area contributed by atoms with Crippen LogP contribution in [-0.2, 0) is 0 Å². The highest BCUT2D eigenvalue weighted by molar-refractivity contribution is 6.34. The van der Waals surface area contributed by atoms with Gasteiger partial charge in [-0.25, -0.2) is 0 Å². The summed E-state index contributed by atoms with van der Waals surface area (Å²) in [5.41, 5.74) is 8.17. The molecule has 0 fully saturated rings. The summed E-state index contributed by atoms with van der Waals surface area (Å²) in [6.45, 7) is 9.25. The largest absolute Gasteiger partial charge is 0.309 e. The van der Waals surface area contributed by atoms with Crippen molar-refractivity contribution in [3.63, 3.8) is 0 Å². The van der Waals surface area contributed by atoms with Crippen LogP contribution in [0, 0.1) is 0 Å². The van der Waals surface area contributed by atoms with Crippen LogP contribution in [0.2, 0.25) is 0 Å². The van der Waals surface area contributed by atoms with E-state index >= 15 is 0 Å². The van der Waals surface area contributed by atoms with Crippen molar-refractivity contribution >= 4 is 99.4 Å². The van der Waals surface area contributed by atoms with E-state index in [1.807, 2.05) is 6.08 Å². The van der Waals surface area contributed by atoms with Gasteiger partial charge >= 0.3 is 0 Å². The lowest BCUT2D eigenvalue weighted by Crippen LogP contribution is -2.06. The number of fused-ring (bicyclic) bond motifs is 10. The minimum Gasteiger partial charge on any atom is -0.309 e. The highest BCUT2D eigenvalue weighted by Crippen LogP contribution is 2.45. The molecule has 0 saturated carbocycles. The first-order valence-corrected chi connectivity index (χ1v) is 17.2. The van der Waals surface area contributed by atoms with E-state index < -0.39 is 0 Å². The van der Waals surface area contributed by atoms with Crippen molar-refractivity contribution in [3.8, 4) is 11.4 Å². The van der Waals surface area contributed by atoms with Gasteiger partial charge in [-0.3, -0.25) is 0 Å². The van der Waals surface area contributed by atoms with Crippen molar-refractivity contribution in [2.24, 2.45) is 0 Å². The third-order valence-corrected chi connectivity index (χ3v) is 10.9. The standard InChI is InChI=1S/C48H30N2/c1-3-34-45-29(2)35-20-13-21-38-46(35)40(28-44-48(38)37-19-10-11-22-41(37)49(44)32-16-5-4-6-17-32)39(45)27-43-47(34)36-18-9-12-23-42(36)50(43)33-25-24-30-14-7-8-15-31(30)26-33/h3-28H,1-2H2. The Balaban J connectivity index is 1.39. The molecule has 11 rings (SSSR count). The molecule has 2 heteroatoms. The fourth-order valence-electron chi connectivity index (χ4n) is 8.89. The van der Waals surface area contributed by atoms with Gasteiger partial charge in [-0.15, -0.1) is 0 Å². The molecule has 0 aliphatic heterocycles. The van der Waals surface area contributed by atoms with Gasteiger partial charge in [0.05, 0.1) is 22.1 Å². The third-order valence-electron chi connectivity index (χ3n) is 10.9. The van der Waals surface area contributed by atoms with Crippen molar-refractivity contribution in [2.75, 3.05) is 0 Å². The average molecular weight is 635 g/mol. The lowest BCUT2D eigenvalue weighted by molar-refractivity contribution is 1.18. The number of nitrogens with zero attached hydrogens (tertiary/aromatic N) is 2.